The van der Waals surface area contributed by atoms with Crippen LogP contribution in [0.1, 0.15) is 19.9 Å². The molecule has 2 aliphatic heterocycles. The lowest BCUT2D eigenvalue weighted by Gasteiger charge is -2.41. The van der Waals surface area contributed by atoms with E-state index in [0.717, 1.165) is 0 Å². The molecule has 3 N–H and O–H groups in total. The van der Waals surface area contributed by atoms with Gasteiger partial charge >= 0.3 is 0 Å². The van der Waals surface area contributed by atoms with Crippen LogP contribution in [-0.2, 0) is 14.2 Å². The maximum atomic E-state index is 9.65. The van der Waals surface area contributed by atoms with Gasteiger partial charge in [0.2, 0.25) is 5.28 Å². The molecule has 0 amide bonds. The molecule has 25 heavy (non-hydrogen) atoms. The third-order valence-corrected chi connectivity index (χ3v) is 5.60. The van der Waals surface area contributed by atoms with Gasteiger partial charge in [-0.1, -0.05) is 0 Å². The average Bonchev–Trinajstić information content (AvgIpc) is 2.85. The van der Waals surface area contributed by atoms with E-state index in [1.165, 1.54) is 0 Å². The standard InChI is InChI=1S/C15H18ClN5O4/c1-14(2)23-4-15-8(10(15)24-6(3-22)9(15)25-14)21-5-18-7-11(17)19-13(16)20-12(7)21/h5-6,8-10,22H,3-4H2,1-2H3,(H2,17,19,20)/t6-,8?,9?,10+,15?/m1/s1. The highest BCUT2D eigenvalue weighted by atomic mass is 35.5. The zero-order valence-corrected chi connectivity index (χ0v) is 14.5. The number of nitrogens with zero attached hydrogens (tertiary/aromatic N) is 4. The van der Waals surface area contributed by atoms with Crippen molar-refractivity contribution in [1.29, 1.82) is 0 Å². The molecule has 5 atom stereocenters. The van der Waals surface area contributed by atoms with Crippen LogP contribution in [0.25, 0.3) is 11.2 Å². The second kappa shape index (κ2) is 4.80. The van der Waals surface area contributed by atoms with Crippen molar-refractivity contribution in [2.45, 2.75) is 44.0 Å². The molecule has 2 saturated heterocycles. The van der Waals surface area contributed by atoms with E-state index in [-0.39, 0.29) is 47.5 Å². The van der Waals surface area contributed by atoms with Gasteiger partial charge in [-0.3, -0.25) is 0 Å². The van der Waals surface area contributed by atoms with Crippen LogP contribution in [0.2, 0.25) is 5.28 Å². The lowest BCUT2D eigenvalue weighted by atomic mass is 9.94. The minimum Gasteiger partial charge on any atom is -0.394 e. The molecule has 134 valence electrons. The third kappa shape index (κ3) is 1.95. The van der Waals surface area contributed by atoms with Crippen molar-refractivity contribution in [3.63, 3.8) is 0 Å². The SMILES string of the molecule is CC1(C)OCC23C(O1)[C@@H](CO)O[C@H]2C3n1cnc2c(N)nc(Cl)nc21. The molecule has 3 aliphatic rings. The number of aromatic nitrogens is 4. The predicted octanol–water partition coefficient (Wildman–Crippen LogP) is 0.514. The molecule has 1 spiro atoms. The molecule has 2 aromatic rings. The number of rotatable bonds is 2. The number of aliphatic hydroxyl groups is 1. The first-order valence-corrected chi connectivity index (χ1v) is 8.49. The maximum absolute atomic E-state index is 9.65. The Balaban J connectivity index is 1.58. The summed E-state index contributed by atoms with van der Waals surface area (Å²) in [5.74, 6) is -0.484. The number of anilines is 1. The molecule has 9 nitrogen and oxygen atoms in total. The van der Waals surface area contributed by atoms with Crippen molar-refractivity contribution in [3.05, 3.63) is 11.6 Å². The Morgan fingerprint density at radius 2 is 2.20 bits per heavy atom. The van der Waals surface area contributed by atoms with Crippen molar-refractivity contribution in [2.75, 3.05) is 18.9 Å². The van der Waals surface area contributed by atoms with Gasteiger partial charge in [-0.2, -0.15) is 9.97 Å². The van der Waals surface area contributed by atoms with Crippen LogP contribution in [0, 0.1) is 5.41 Å². The summed E-state index contributed by atoms with van der Waals surface area (Å²) in [5.41, 5.74) is 6.56. The summed E-state index contributed by atoms with van der Waals surface area (Å²) in [7, 11) is 0. The summed E-state index contributed by atoms with van der Waals surface area (Å²) in [6.45, 7) is 4.08. The van der Waals surface area contributed by atoms with E-state index in [9.17, 15) is 5.11 Å². The predicted molar refractivity (Wildman–Crippen MR) is 86.9 cm³/mol. The lowest BCUT2D eigenvalue weighted by Crippen LogP contribution is -2.51. The lowest BCUT2D eigenvalue weighted by molar-refractivity contribution is -0.305. The minimum absolute atomic E-state index is 0.0676. The number of nitrogens with two attached hydrogens (primary N) is 1. The first kappa shape index (κ1) is 15.7. The van der Waals surface area contributed by atoms with E-state index in [1.54, 1.807) is 6.33 Å². The Hall–Kier alpha value is -1.52. The van der Waals surface area contributed by atoms with E-state index in [4.69, 9.17) is 31.5 Å². The normalized spacial score (nSPS) is 38.6. The van der Waals surface area contributed by atoms with Gasteiger partial charge < -0.3 is 29.6 Å². The highest BCUT2D eigenvalue weighted by Gasteiger charge is 2.80. The molecule has 3 unspecified atom stereocenters. The monoisotopic (exact) mass is 367 g/mol. The molecule has 1 saturated carbocycles. The molecule has 0 aromatic carbocycles. The number of nitrogen functional groups attached to an aromatic ring is 1. The van der Waals surface area contributed by atoms with Crippen LogP contribution in [0.3, 0.4) is 0 Å². The number of halogens is 1. The smallest absolute Gasteiger partial charge is 0.226 e. The summed E-state index contributed by atoms with van der Waals surface area (Å²) in [6, 6.07) is -0.0771. The van der Waals surface area contributed by atoms with E-state index in [2.05, 4.69) is 15.0 Å². The van der Waals surface area contributed by atoms with Gasteiger partial charge in [0.15, 0.2) is 17.3 Å². The van der Waals surface area contributed by atoms with Crippen LogP contribution < -0.4 is 5.73 Å². The topological polar surface area (TPSA) is 118 Å². The first-order valence-electron chi connectivity index (χ1n) is 8.11. The molecule has 0 radical (unpaired) electrons. The number of fused-ring (bicyclic) bond motifs is 1. The van der Waals surface area contributed by atoms with Gasteiger partial charge in [0, 0.05) is 0 Å². The molecule has 5 rings (SSSR count). The summed E-state index contributed by atoms with van der Waals surface area (Å²) in [5, 5.41) is 9.72. The fourth-order valence-electron chi connectivity index (χ4n) is 4.27. The van der Waals surface area contributed by atoms with E-state index >= 15 is 0 Å². The van der Waals surface area contributed by atoms with E-state index in [1.807, 2.05) is 18.4 Å². The fraction of sp³-hybridized carbons (Fsp3) is 0.667. The maximum Gasteiger partial charge on any atom is 0.226 e. The van der Waals surface area contributed by atoms with Crippen LogP contribution in [0.15, 0.2) is 6.33 Å². The molecule has 0 bridgehead atoms. The fourth-order valence-corrected chi connectivity index (χ4v) is 4.44. The Morgan fingerprint density at radius 1 is 1.40 bits per heavy atom. The average molecular weight is 368 g/mol. The minimum atomic E-state index is -0.721. The van der Waals surface area contributed by atoms with Crippen LogP contribution in [0.4, 0.5) is 5.82 Å². The molecule has 1 aliphatic carbocycles. The van der Waals surface area contributed by atoms with Gasteiger partial charge in [0.25, 0.3) is 0 Å². The van der Waals surface area contributed by atoms with Gasteiger partial charge in [0.05, 0.1) is 37.1 Å². The summed E-state index contributed by atoms with van der Waals surface area (Å²) < 4.78 is 20.0. The number of imidazole rings is 1. The van der Waals surface area contributed by atoms with Gasteiger partial charge in [-0.15, -0.1) is 0 Å². The molecule has 4 heterocycles. The van der Waals surface area contributed by atoms with Crippen LogP contribution >= 0.6 is 11.6 Å². The van der Waals surface area contributed by atoms with Crippen molar-refractivity contribution in [1.82, 2.24) is 19.5 Å². The van der Waals surface area contributed by atoms with Gasteiger partial charge in [-0.05, 0) is 25.4 Å². The van der Waals surface area contributed by atoms with Crippen molar-refractivity contribution < 1.29 is 19.3 Å². The number of ether oxygens (including phenoxy) is 3. The third-order valence-electron chi connectivity index (χ3n) is 5.43. The Bertz CT molecular complexity index is 873. The van der Waals surface area contributed by atoms with E-state index < -0.39 is 5.79 Å². The molecule has 3 fully saturated rings. The second-order valence-electron chi connectivity index (χ2n) is 7.26. The molecular weight excluding hydrogens is 350 g/mol. The van der Waals surface area contributed by atoms with Gasteiger partial charge in [0.1, 0.15) is 17.7 Å². The van der Waals surface area contributed by atoms with Crippen LogP contribution in [0.5, 0.6) is 0 Å². The van der Waals surface area contributed by atoms with E-state index in [0.29, 0.717) is 17.8 Å². The van der Waals surface area contributed by atoms with Crippen LogP contribution in [-0.4, -0.2) is 61.9 Å². The van der Waals surface area contributed by atoms with Gasteiger partial charge in [-0.25, -0.2) is 4.98 Å². The Morgan fingerprint density at radius 3 is 2.96 bits per heavy atom. The second-order valence-corrected chi connectivity index (χ2v) is 7.60. The molecule has 2 aromatic heterocycles. The number of aliphatic hydroxyl groups excluding tert-OH is 1. The highest BCUT2D eigenvalue weighted by Crippen LogP contribution is 2.69. The van der Waals surface area contributed by atoms with Crippen molar-refractivity contribution in [3.8, 4) is 0 Å². The zero-order chi connectivity index (χ0) is 17.6. The quantitative estimate of drug-likeness (QED) is 0.737. The molecule has 10 heteroatoms. The molecular formula is C15H18ClN5O4. The van der Waals surface area contributed by atoms with Crippen molar-refractivity contribution >= 4 is 28.6 Å². The summed E-state index contributed by atoms with van der Waals surface area (Å²) in [4.78, 5) is 12.5. The zero-order valence-electron chi connectivity index (χ0n) is 13.7. The largest absolute Gasteiger partial charge is 0.394 e. The first-order chi connectivity index (χ1) is 11.9. The summed E-state index contributed by atoms with van der Waals surface area (Å²) >= 11 is 5.96. The highest BCUT2D eigenvalue weighted by molar-refractivity contribution is 6.28. The summed E-state index contributed by atoms with van der Waals surface area (Å²) in [6.07, 6.45) is 0.863. The van der Waals surface area contributed by atoms with Crippen molar-refractivity contribution in [2.24, 2.45) is 5.41 Å². The number of hydrogen-bond donors (Lipinski definition) is 2. The Labute approximate surface area is 148 Å². The number of hydrogen-bond acceptors (Lipinski definition) is 8. The Kier molecular flexibility index (Phi) is 3.02.